The fourth-order valence-electron chi connectivity index (χ4n) is 1.82. The van der Waals surface area contributed by atoms with Crippen LogP contribution in [0.5, 0.6) is 0 Å². The summed E-state index contributed by atoms with van der Waals surface area (Å²) in [4.78, 5) is 2.27. The molecule has 0 aliphatic carbocycles. The van der Waals surface area contributed by atoms with Crippen molar-refractivity contribution in [2.24, 2.45) is 5.73 Å². The number of hydrogen-bond acceptors (Lipinski definition) is 2. The average Bonchev–Trinajstić information content (AvgIpc) is 2.36. The minimum Gasteiger partial charge on any atom is -0.326 e. The number of benzene rings is 1. The third-order valence-corrected chi connectivity index (χ3v) is 3.02. The Hall–Kier alpha value is -0.930. The second-order valence-electron chi connectivity index (χ2n) is 4.35. The van der Waals surface area contributed by atoms with Gasteiger partial charge in [0.1, 0.15) is 5.82 Å². The van der Waals surface area contributed by atoms with Gasteiger partial charge in [-0.1, -0.05) is 32.4 Å². The van der Waals surface area contributed by atoms with Crippen LogP contribution < -0.4 is 5.73 Å². The van der Waals surface area contributed by atoms with E-state index in [0.717, 1.165) is 30.6 Å². The van der Waals surface area contributed by atoms with Gasteiger partial charge in [0.25, 0.3) is 0 Å². The number of nitrogens with zero attached hydrogens (tertiary/aromatic N) is 1. The van der Waals surface area contributed by atoms with Crippen molar-refractivity contribution >= 4 is 0 Å². The van der Waals surface area contributed by atoms with Crippen LogP contribution in [-0.2, 0) is 13.1 Å². The lowest BCUT2D eigenvalue weighted by atomic mass is 10.1. The van der Waals surface area contributed by atoms with E-state index in [1.54, 1.807) is 6.07 Å². The Balaban J connectivity index is 2.65. The highest BCUT2D eigenvalue weighted by molar-refractivity contribution is 5.24. The second-order valence-corrected chi connectivity index (χ2v) is 4.35. The zero-order chi connectivity index (χ0) is 12.7. The topological polar surface area (TPSA) is 29.3 Å². The van der Waals surface area contributed by atoms with Crippen molar-refractivity contribution < 1.29 is 4.39 Å². The van der Waals surface area contributed by atoms with Crippen LogP contribution in [-0.4, -0.2) is 18.0 Å². The van der Waals surface area contributed by atoms with Crippen molar-refractivity contribution in [3.8, 4) is 0 Å². The highest BCUT2D eigenvalue weighted by atomic mass is 19.1. The molecule has 0 atom stereocenters. The van der Waals surface area contributed by atoms with Gasteiger partial charge in [0.2, 0.25) is 0 Å². The molecule has 0 aliphatic rings. The van der Waals surface area contributed by atoms with Crippen molar-refractivity contribution in [1.29, 1.82) is 0 Å². The van der Waals surface area contributed by atoms with Crippen molar-refractivity contribution in [3.05, 3.63) is 35.1 Å². The van der Waals surface area contributed by atoms with E-state index in [2.05, 4.69) is 18.7 Å². The number of rotatable bonds is 7. The first-order chi connectivity index (χ1) is 8.21. The molecule has 0 bridgehead atoms. The van der Waals surface area contributed by atoms with Crippen molar-refractivity contribution in [2.45, 2.75) is 39.8 Å². The molecule has 2 N–H and O–H groups in total. The molecule has 96 valence electrons. The fraction of sp³-hybridized carbons (Fsp3) is 0.571. The van der Waals surface area contributed by atoms with E-state index in [1.165, 1.54) is 6.42 Å². The highest BCUT2D eigenvalue weighted by Gasteiger charge is 2.08. The quantitative estimate of drug-likeness (QED) is 0.791. The van der Waals surface area contributed by atoms with Gasteiger partial charge in [0.05, 0.1) is 0 Å². The molecule has 1 rings (SSSR count). The van der Waals surface area contributed by atoms with E-state index in [-0.39, 0.29) is 5.82 Å². The summed E-state index contributed by atoms with van der Waals surface area (Å²) in [7, 11) is 0. The predicted octanol–water partition coefficient (Wildman–Crippen LogP) is 2.91. The van der Waals surface area contributed by atoms with Crippen LogP contribution in [0.4, 0.5) is 4.39 Å². The molecule has 0 saturated heterocycles. The molecule has 0 heterocycles. The minimum absolute atomic E-state index is 0.136. The normalized spacial score (nSPS) is 11.1. The molecular weight excluding hydrogens is 215 g/mol. The zero-order valence-corrected chi connectivity index (χ0v) is 10.9. The average molecular weight is 238 g/mol. The highest BCUT2D eigenvalue weighted by Crippen LogP contribution is 2.13. The largest absolute Gasteiger partial charge is 0.326 e. The summed E-state index contributed by atoms with van der Waals surface area (Å²) in [6.45, 7) is 7.35. The van der Waals surface area contributed by atoms with E-state index < -0.39 is 0 Å². The summed E-state index contributed by atoms with van der Waals surface area (Å²) < 4.78 is 13.8. The second kappa shape index (κ2) is 7.41. The fourth-order valence-corrected chi connectivity index (χ4v) is 1.82. The Morgan fingerprint density at radius 3 is 2.59 bits per heavy atom. The maximum absolute atomic E-state index is 13.8. The van der Waals surface area contributed by atoms with Gasteiger partial charge in [-0.3, -0.25) is 4.90 Å². The van der Waals surface area contributed by atoms with E-state index in [1.807, 2.05) is 12.1 Å². The monoisotopic (exact) mass is 238 g/mol. The molecule has 0 radical (unpaired) electrons. The van der Waals surface area contributed by atoms with Gasteiger partial charge >= 0.3 is 0 Å². The van der Waals surface area contributed by atoms with Gasteiger partial charge in [-0.15, -0.1) is 0 Å². The van der Waals surface area contributed by atoms with Crippen LogP contribution in [0.3, 0.4) is 0 Å². The zero-order valence-electron chi connectivity index (χ0n) is 10.9. The van der Waals surface area contributed by atoms with E-state index in [0.29, 0.717) is 13.1 Å². The summed E-state index contributed by atoms with van der Waals surface area (Å²) in [6.07, 6.45) is 2.33. The standard InChI is InChI=1S/C14H23FN2/c1-3-5-8-17(4-2)11-13-7-6-12(10-16)9-14(13)15/h6-7,9H,3-5,8,10-11,16H2,1-2H3. The van der Waals surface area contributed by atoms with E-state index in [4.69, 9.17) is 5.73 Å². The Bertz CT molecular complexity index is 339. The number of nitrogens with two attached hydrogens (primary N) is 1. The van der Waals surface area contributed by atoms with E-state index in [9.17, 15) is 4.39 Å². The molecule has 1 aromatic rings. The van der Waals surface area contributed by atoms with Gasteiger partial charge < -0.3 is 5.73 Å². The summed E-state index contributed by atoms with van der Waals surface area (Å²) in [6, 6.07) is 5.31. The molecule has 0 aliphatic heterocycles. The van der Waals surface area contributed by atoms with Gasteiger partial charge in [0.15, 0.2) is 0 Å². The Labute approximate surface area is 104 Å². The molecule has 1 aromatic carbocycles. The number of halogens is 1. The molecule has 0 spiro atoms. The first-order valence-corrected chi connectivity index (χ1v) is 6.41. The van der Waals surface area contributed by atoms with Crippen molar-refractivity contribution in [2.75, 3.05) is 13.1 Å². The third-order valence-electron chi connectivity index (χ3n) is 3.02. The van der Waals surface area contributed by atoms with Crippen LogP contribution in [0.2, 0.25) is 0 Å². The van der Waals surface area contributed by atoms with Crippen molar-refractivity contribution in [1.82, 2.24) is 4.90 Å². The van der Waals surface area contributed by atoms with Crippen molar-refractivity contribution in [3.63, 3.8) is 0 Å². The Kier molecular flexibility index (Phi) is 6.16. The van der Waals surface area contributed by atoms with Gasteiger partial charge in [-0.05, 0) is 31.1 Å². The molecule has 3 heteroatoms. The summed E-state index contributed by atoms with van der Waals surface area (Å²) in [5.41, 5.74) is 7.10. The maximum atomic E-state index is 13.8. The van der Waals surface area contributed by atoms with Gasteiger partial charge in [0, 0.05) is 18.7 Å². The van der Waals surface area contributed by atoms with Crippen LogP contribution >= 0.6 is 0 Å². The Morgan fingerprint density at radius 2 is 2.06 bits per heavy atom. The molecule has 0 amide bonds. The van der Waals surface area contributed by atoms with Gasteiger partial charge in [-0.25, -0.2) is 4.39 Å². The van der Waals surface area contributed by atoms with Crippen LogP contribution in [0.15, 0.2) is 18.2 Å². The first-order valence-electron chi connectivity index (χ1n) is 6.41. The summed E-state index contributed by atoms with van der Waals surface area (Å²) in [5, 5.41) is 0. The van der Waals surface area contributed by atoms with Crippen LogP contribution in [0.25, 0.3) is 0 Å². The minimum atomic E-state index is -0.136. The first kappa shape index (κ1) is 14.1. The molecule has 17 heavy (non-hydrogen) atoms. The molecule has 0 fully saturated rings. The van der Waals surface area contributed by atoms with Crippen LogP contribution in [0.1, 0.15) is 37.8 Å². The maximum Gasteiger partial charge on any atom is 0.128 e. The molecular formula is C14H23FN2. The smallest absolute Gasteiger partial charge is 0.128 e. The van der Waals surface area contributed by atoms with E-state index >= 15 is 0 Å². The summed E-state index contributed by atoms with van der Waals surface area (Å²) in [5.74, 6) is -0.136. The third kappa shape index (κ3) is 4.44. The summed E-state index contributed by atoms with van der Waals surface area (Å²) >= 11 is 0. The Morgan fingerprint density at radius 1 is 1.29 bits per heavy atom. The van der Waals surface area contributed by atoms with Gasteiger partial charge in [-0.2, -0.15) is 0 Å². The number of hydrogen-bond donors (Lipinski definition) is 1. The molecule has 0 unspecified atom stereocenters. The molecule has 0 saturated carbocycles. The SMILES string of the molecule is CCCCN(CC)Cc1ccc(CN)cc1F. The van der Waals surface area contributed by atoms with Crippen LogP contribution in [0, 0.1) is 5.82 Å². The lowest BCUT2D eigenvalue weighted by molar-refractivity contribution is 0.271. The molecule has 0 aromatic heterocycles. The lowest BCUT2D eigenvalue weighted by Crippen LogP contribution is -2.24. The lowest BCUT2D eigenvalue weighted by Gasteiger charge is -2.20. The molecule has 2 nitrogen and oxygen atoms in total. The predicted molar refractivity (Wildman–Crippen MR) is 70.2 cm³/mol. The number of unbranched alkanes of at least 4 members (excludes halogenated alkanes) is 1.